The summed E-state index contributed by atoms with van der Waals surface area (Å²) >= 11 is 0. The van der Waals surface area contributed by atoms with Crippen LogP contribution in [0.5, 0.6) is 0 Å². The van der Waals surface area contributed by atoms with E-state index < -0.39 is 23.9 Å². The zero-order valence-corrected chi connectivity index (χ0v) is 57.4. The van der Waals surface area contributed by atoms with E-state index in [1.807, 2.05) is 0 Å². The third kappa shape index (κ3) is 13.1. The average Bonchev–Trinajstić information content (AvgIpc) is 1.62. The van der Waals surface area contributed by atoms with Crippen LogP contribution in [-0.4, -0.2) is 118 Å². The van der Waals surface area contributed by atoms with Crippen LogP contribution in [0, 0.1) is 47.3 Å². The van der Waals surface area contributed by atoms with Gasteiger partial charge in [0.1, 0.15) is 0 Å². The smallest absolute Gasteiger partial charge is 0.464 e. The van der Waals surface area contributed by atoms with Crippen molar-refractivity contribution < 1.29 is 76.8 Å². The highest BCUT2D eigenvalue weighted by Crippen LogP contribution is 2.69. The maximum atomic E-state index is 11.3. The van der Waals surface area contributed by atoms with Gasteiger partial charge in [-0.15, -0.1) is 0 Å². The molecule has 4 aliphatic heterocycles. The third-order valence-corrected chi connectivity index (χ3v) is 27.0. The maximum absolute atomic E-state index is 11.3. The minimum Gasteiger partial charge on any atom is -0.481 e. The highest BCUT2D eigenvalue weighted by atomic mass is 16.7. The molecule has 0 bridgehead atoms. The van der Waals surface area contributed by atoms with Crippen molar-refractivity contribution in [2.24, 2.45) is 47.3 Å². The largest absolute Gasteiger partial charge is 0.481 e. The van der Waals surface area contributed by atoms with Gasteiger partial charge in [-0.2, -0.15) is 0 Å². The van der Waals surface area contributed by atoms with Crippen molar-refractivity contribution in [3.8, 4) is 0 Å². The van der Waals surface area contributed by atoms with Crippen LogP contribution in [-0.2, 0) is 56.4 Å². The molecule has 0 aromatic rings. The normalized spacial score (nSPS) is 37.8. The van der Waals surface area contributed by atoms with Crippen molar-refractivity contribution in [3.63, 3.8) is 0 Å². The molecule has 4 saturated heterocycles. The van der Waals surface area contributed by atoms with Crippen LogP contribution in [0.1, 0.15) is 291 Å². The number of aliphatic carboxylic acids is 4. The fourth-order valence-electron chi connectivity index (χ4n) is 18.0. The van der Waals surface area contributed by atoms with Crippen LogP contribution >= 0.6 is 0 Å². The molecule has 8 aliphatic carbocycles. The van der Waals surface area contributed by atoms with Gasteiger partial charge in [0.05, 0.1) is 68.5 Å². The fourth-order valence-corrected chi connectivity index (χ4v) is 18.0. The molecular weight excluding hydrogens is 1120 g/mol. The molecule has 0 unspecified atom stereocenters. The Balaban J connectivity index is 0.000000140. The summed E-state index contributed by atoms with van der Waals surface area (Å²) in [6.07, 6.45) is 30.5. The van der Waals surface area contributed by atoms with Gasteiger partial charge in [-0.05, 0) is 186 Å². The van der Waals surface area contributed by atoms with Crippen molar-refractivity contribution in [1.82, 2.24) is 0 Å². The molecule has 4 heterocycles. The monoisotopic (exact) mass is 1230 g/mol. The molecule has 0 aromatic carbocycles. The average molecular weight is 1230 g/mol. The standard InChI is InChI=1S/4C17H29BO4/c4*1-15(2)16(3,4)22-18(21-15)17(10-12(11-17)14(19)20)13-8-6-5-7-9-13/h4*12-13H,5-11H2,1-4H3,(H,19,20). The van der Waals surface area contributed by atoms with Crippen molar-refractivity contribution in [2.75, 3.05) is 0 Å². The molecule has 8 saturated carbocycles. The summed E-state index contributed by atoms with van der Waals surface area (Å²) < 4.78 is 50.7. The van der Waals surface area contributed by atoms with Gasteiger partial charge < -0.3 is 57.7 Å². The molecule has 20 heteroatoms. The molecule has 0 spiro atoms. The van der Waals surface area contributed by atoms with E-state index in [-0.39, 0.29) is 118 Å². The first-order chi connectivity index (χ1) is 40.7. The van der Waals surface area contributed by atoms with E-state index in [2.05, 4.69) is 111 Å². The Morgan fingerprint density at radius 3 is 0.489 bits per heavy atom. The first kappa shape index (κ1) is 70.1. The molecule has 12 rings (SSSR count). The summed E-state index contributed by atoms with van der Waals surface area (Å²) in [5.74, 6) is -1.35. The van der Waals surface area contributed by atoms with Gasteiger partial charge >= 0.3 is 52.4 Å². The Hall–Kier alpha value is -2.18. The van der Waals surface area contributed by atoms with Crippen molar-refractivity contribution >= 4 is 52.4 Å². The molecular formula is C68H116B4O16. The van der Waals surface area contributed by atoms with Crippen molar-refractivity contribution in [1.29, 1.82) is 0 Å². The van der Waals surface area contributed by atoms with Crippen LogP contribution in [0.15, 0.2) is 0 Å². The first-order valence-corrected chi connectivity index (χ1v) is 35.1. The van der Waals surface area contributed by atoms with E-state index in [1.165, 1.54) is 128 Å². The van der Waals surface area contributed by atoms with Gasteiger partial charge in [0.2, 0.25) is 0 Å². The number of carboxylic acids is 4. The summed E-state index contributed by atoms with van der Waals surface area (Å²) in [7, 11) is -1.01. The molecule has 16 nitrogen and oxygen atoms in total. The lowest BCUT2D eigenvalue weighted by molar-refractivity contribution is -0.148. The van der Waals surface area contributed by atoms with Gasteiger partial charge in [0.15, 0.2) is 0 Å². The Kier molecular flexibility index (Phi) is 20.1. The van der Waals surface area contributed by atoms with E-state index in [4.69, 9.17) is 37.2 Å². The highest BCUT2D eigenvalue weighted by molar-refractivity contribution is 6.52. The maximum Gasteiger partial charge on any atom is 0.464 e. The number of carbonyl (C=O) groups is 4. The zero-order chi connectivity index (χ0) is 64.7. The Morgan fingerprint density at radius 2 is 0.375 bits per heavy atom. The first-order valence-electron chi connectivity index (χ1n) is 35.1. The van der Waals surface area contributed by atoms with Crippen molar-refractivity contribution in [2.45, 2.75) is 357 Å². The number of rotatable bonds is 12. The van der Waals surface area contributed by atoms with Crippen LogP contribution in [0.25, 0.3) is 0 Å². The van der Waals surface area contributed by atoms with E-state index >= 15 is 0 Å². The Bertz CT molecular complexity index is 2060. The molecule has 12 fully saturated rings. The number of hydrogen-bond donors (Lipinski definition) is 4. The summed E-state index contributed by atoms with van der Waals surface area (Å²) in [5.41, 5.74) is -2.72. The number of carboxylic acid groups (broad SMARTS) is 4. The summed E-state index contributed by atoms with van der Waals surface area (Å²) in [6, 6.07) is 0. The summed E-state index contributed by atoms with van der Waals surface area (Å²) in [6.45, 7) is 33.3. The second-order valence-electron chi connectivity index (χ2n) is 34.4. The molecule has 0 atom stereocenters. The summed E-state index contributed by atoms with van der Waals surface area (Å²) in [4.78, 5) is 45.4. The predicted octanol–water partition coefficient (Wildman–Crippen LogP) is 15.6. The Labute approximate surface area is 530 Å². The lowest BCUT2D eigenvalue weighted by Gasteiger charge is -2.52. The lowest BCUT2D eigenvalue weighted by atomic mass is 9.38. The predicted molar refractivity (Wildman–Crippen MR) is 343 cm³/mol. The van der Waals surface area contributed by atoms with Crippen LogP contribution in [0.3, 0.4) is 0 Å². The highest BCUT2D eigenvalue weighted by Gasteiger charge is 2.71. The van der Waals surface area contributed by atoms with Crippen LogP contribution < -0.4 is 0 Å². The minimum atomic E-state index is -0.664. The second-order valence-corrected chi connectivity index (χ2v) is 34.4. The van der Waals surface area contributed by atoms with Crippen LogP contribution in [0.4, 0.5) is 0 Å². The van der Waals surface area contributed by atoms with E-state index in [0.29, 0.717) is 75.0 Å². The zero-order valence-electron chi connectivity index (χ0n) is 57.4. The number of hydrogen-bond acceptors (Lipinski definition) is 12. The topological polar surface area (TPSA) is 223 Å². The molecule has 0 amide bonds. The van der Waals surface area contributed by atoms with Crippen molar-refractivity contribution in [3.05, 3.63) is 0 Å². The Morgan fingerprint density at radius 1 is 0.250 bits per heavy atom. The van der Waals surface area contributed by atoms with Gasteiger partial charge in [0.25, 0.3) is 0 Å². The molecule has 0 aromatic heterocycles. The van der Waals surface area contributed by atoms with E-state index in [0.717, 1.165) is 0 Å². The molecule has 12 aliphatic rings. The van der Waals surface area contributed by atoms with E-state index in [1.54, 1.807) is 0 Å². The van der Waals surface area contributed by atoms with E-state index in [9.17, 15) is 39.6 Å². The molecule has 0 radical (unpaired) electrons. The van der Waals surface area contributed by atoms with Gasteiger partial charge in [0, 0.05) is 21.3 Å². The third-order valence-electron chi connectivity index (χ3n) is 27.0. The minimum absolute atomic E-state index is 0.0888. The van der Waals surface area contributed by atoms with Gasteiger partial charge in [-0.25, -0.2) is 0 Å². The molecule has 88 heavy (non-hydrogen) atoms. The van der Waals surface area contributed by atoms with Crippen LogP contribution in [0.2, 0.25) is 21.3 Å². The quantitative estimate of drug-likeness (QED) is 0.133. The van der Waals surface area contributed by atoms with Gasteiger partial charge in [-0.1, -0.05) is 128 Å². The second kappa shape index (κ2) is 25.2. The lowest BCUT2D eigenvalue weighted by Crippen LogP contribution is -2.52. The SMILES string of the molecule is CC1(C)OB(C2(C3CCCCC3)CC(C(=O)O)C2)OC1(C)C.CC1(C)OB(C2(C3CCCCC3)CC(C(=O)O)C2)OC1(C)C.CC1(C)OB(C2(C3CCCCC3)CC(C(=O)O)C2)OC1(C)C.CC1(C)OB(C2(C3CCCCC3)CC(C(=O)O)C2)OC1(C)C. The van der Waals surface area contributed by atoms with Gasteiger partial charge in [-0.3, -0.25) is 19.2 Å². The fraction of sp³-hybridized carbons (Fsp3) is 0.941. The summed E-state index contributed by atoms with van der Waals surface area (Å²) in [5, 5.41) is 37.0. The molecule has 496 valence electrons. The molecule has 4 N–H and O–H groups in total.